The average molecular weight is 462 g/mol. The Morgan fingerprint density at radius 1 is 1.21 bits per heavy atom. The normalized spacial score (nSPS) is 12.6. The van der Waals surface area contributed by atoms with Gasteiger partial charge in [0.05, 0.1) is 31.4 Å². The Labute approximate surface area is 187 Å². The van der Waals surface area contributed by atoms with Crippen LogP contribution >= 0.6 is 0 Å². The van der Waals surface area contributed by atoms with Crippen LogP contribution in [0.1, 0.15) is 28.8 Å². The Balaban J connectivity index is 1.81. The van der Waals surface area contributed by atoms with Crippen LogP contribution in [-0.2, 0) is 11.4 Å². The number of ether oxygens (including phenoxy) is 2. The number of pyridine rings is 1. The largest absolute Gasteiger partial charge is 0.493 e. The molecular weight excluding hydrogens is 440 g/mol. The molecule has 1 saturated carbocycles. The first-order valence-electron chi connectivity index (χ1n) is 10.0. The Kier molecular flexibility index (Phi) is 7.43. The van der Waals surface area contributed by atoms with Crippen LogP contribution < -0.4 is 20.3 Å². The number of aromatic nitrogens is 1. The van der Waals surface area contributed by atoms with Crippen LogP contribution in [0.2, 0.25) is 0 Å². The number of nitrogens with zero attached hydrogens (tertiary/aromatic N) is 3. The summed E-state index contributed by atoms with van der Waals surface area (Å²) in [5, 5.41) is 22.7. The summed E-state index contributed by atoms with van der Waals surface area (Å²) in [6, 6.07) is 5.91. The molecule has 33 heavy (non-hydrogen) atoms. The first kappa shape index (κ1) is 23.5. The molecule has 0 bridgehead atoms. The fourth-order valence-electron chi connectivity index (χ4n) is 3.00. The van der Waals surface area contributed by atoms with Gasteiger partial charge in [0, 0.05) is 12.6 Å². The topological polar surface area (TPSA) is 165 Å². The third kappa shape index (κ3) is 6.41. The number of nitrogens with one attached hydrogen (secondary N) is 1. The Morgan fingerprint density at radius 2 is 1.97 bits per heavy atom. The van der Waals surface area contributed by atoms with E-state index < -0.39 is 39.3 Å². The van der Waals surface area contributed by atoms with Crippen LogP contribution in [0.5, 0.6) is 11.5 Å². The summed E-state index contributed by atoms with van der Waals surface area (Å²) in [6.07, 6.45) is 3.31. The van der Waals surface area contributed by atoms with E-state index in [1.807, 2.05) is 0 Å². The molecule has 0 spiro atoms. The third-order valence-electron chi connectivity index (χ3n) is 4.86. The molecule has 3 rings (SSSR count). The highest BCUT2D eigenvalue weighted by atomic mass is 16.9. The molecule has 1 heterocycles. The van der Waals surface area contributed by atoms with Crippen molar-refractivity contribution >= 4 is 11.6 Å². The first-order valence-corrected chi connectivity index (χ1v) is 10.0. The van der Waals surface area contributed by atoms with E-state index in [0.717, 1.165) is 29.7 Å². The molecule has 0 saturated heterocycles. The molecule has 13 heteroatoms. The van der Waals surface area contributed by atoms with Gasteiger partial charge in [-0.2, -0.15) is 0 Å². The van der Waals surface area contributed by atoms with Crippen molar-refractivity contribution < 1.29 is 29.1 Å². The number of rotatable bonds is 12. The van der Waals surface area contributed by atoms with Gasteiger partial charge < -0.3 is 24.2 Å². The van der Waals surface area contributed by atoms with Crippen LogP contribution in [0, 0.1) is 26.1 Å². The van der Waals surface area contributed by atoms with E-state index in [4.69, 9.17) is 9.47 Å². The van der Waals surface area contributed by atoms with Crippen molar-refractivity contribution in [1.82, 2.24) is 9.88 Å². The van der Waals surface area contributed by atoms with E-state index in [0.29, 0.717) is 29.6 Å². The maximum atomic E-state index is 12.8. The predicted molar refractivity (Wildman–Crippen MR) is 113 cm³/mol. The van der Waals surface area contributed by atoms with Gasteiger partial charge in [0.1, 0.15) is 12.2 Å². The zero-order chi connectivity index (χ0) is 24.0. The van der Waals surface area contributed by atoms with Crippen LogP contribution in [-0.4, -0.2) is 47.4 Å². The summed E-state index contributed by atoms with van der Waals surface area (Å²) in [5.74, 6) is 0.645. The molecule has 1 aliphatic carbocycles. The van der Waals surface area contributed by atoms with Crippen LogP contribution in [0.15, 0.2) is 35.3 Å². The molecule has 13 nitrogen and oxygen atoms in total. The molecule has 0 unspecified atom stereocenters. The van der Waals surface area contributed by atoms with Crippen LogP contribution in [0.25, 0.3) is 0 Å². The zero-order valence-electron chi connectivity index (χ0n) is 17.7. The molecule has 1 aromatic carbocycles. The van der Waals surface area contributed by atoms with Gasteiger partial charge in [-0.3, -0.25) is 19.7 Å². The lowest BCUT2D eigenvalue weighted by Gasteiger charge is -2.13. The maximum absolute atomic E-state index is 12.8. The highest BCUT2D eigenvalue weighted by Gasteiger charge is 2.23. The number of carbonyl (C=O) groups is 1. The lowest BCUT2D eigenvalue weighted by molar-refractivity contribution is -0.757. The van der Waals surface area contributed by atoms with Gasteiger partial charge in [-0.05, 0) is 36.5 Å². The number of amides is 1. The number of benzene rings is 1. The van der Waals surface area contributed by atoms with E-state index in [-0.39, 0.29) is 13.1 Å². The van der Waals surface area contributed by atoms with E-state index in [2.05, 4.69) is 10.2 Å². The van der Waals surface area contributed by atoms with Gasteiger partial charge in [0.2, 0.25) is 0 Å². The van der Waals surface area contributed by atoms with Crippen molar-refractivity contribution in [2.24, 2.45) is 5.92 Å². The molecule has 2 aromatic rings. The highest BCUT2D eigenvalue weighted by molar-refractivity contribution is 5.94. The first-order chi connectivity index (χ1) is 15.8. The minimum atomic E-state index is -1.02. The number of hydrogen-bond donors (Lipinski definition) is 1. The standard InChI is InChI=1S/C20H22N4O9/c1-31-18-8-14(4-5-17(18)32-12-13-2-3-13)10-22-11-15(23(27)28)9-16(20(22)26)19(25)21-6-7-33-24(29)30/h4-5,8-9,11,13H,2-3,6-7,10,12H2,1H3,(H,21,25). The second kappa shape index (κ2) is 10.4. The molecule has 1 aromatic heterocycles. The van der Waals surface area contributed by atoms with Gasteiger partial charge >= 0.3 is 0 Å². The van der Waals surface area contributed by atoms with Crippen molar-refractivity contribution in [2.45, 2.75) is 19.4 Å². The van der Waals surface area contributed by atoms with Crippen LogP contribution in [0.4, 0.5) is 5.69 Å². The van der Waals surface area contributed by atoms with Gasteiger partial charge in [-0.25, -0.2) is 0 Å². The SMILES string of the molecule is COc1cc(Cn2cc([N+](=O)[O-])cc(C(=O)NCCO[N+](=O)[O-])c2=O)ccc1OCC1CC1. The molecule has 1 fully saturated rings. The molecule has 0 radical (unpaired) electrons. The lowest BCUT2D eigenvalue weighted by Crippen LogP contribution is -2.35. The number of methoxy groups -OCH3 is 1. The van der Waals surface area contributed by atoms with E-state index >= 15 is 0 Å². The van der Waals surface area contributed by atoms with Crippen molar-refractivity contribution in [1.29, 1.82) is 0 Å². The molecule has 1 aliphatic rings. The van der Waals surface area contributed by atoms with Crippen molar-refractivity contribution in [3.63, 3.8) is 0 Å². The number of nitro groups is 1. The molecule has 1 amide bonds. The Hall–Kier alpha value is -4.16. The van der Waals surface area contributed by atoms with Gasteiger partial charge in [-0.15, -0.1) is 10.1 Å². The zero-order valence-corrected chi connectivity index (χ0v) is 17.7. The average Bonchev–Trinajstić information content (AvgIpc) is 3.61. The lowest BCUT2D eigenvalue weighted by atomic mass is 10.1. The van der Waals surface area contributed by atoms with Gasteiger partial charge in [0.15, 0.2) is 11.5 Å². The second-order valence-electron chi connectivity index (χ2n) is 7.35. The summed E-state index contributed by atoms with van der Waals surface area (Å²) in [7, 11) is 1.48. The van der Waals surface area contributed by atoms with Crippen molar-refractivity contribution in [3.05, 3.63) is 72.2 Å². The predicted octanol–water partition coefficient (Wildman–Crippen LogP) is 1.54. The summed E-state index contributed by atoms with van der Waals surface area (Å²) >= 11 is 0. The summed E-state index contributed by atoms with van der Waals surface area (Å²) in [5.41, 5.74) is -1.10. The fraction of sp³-hybridized carbons (Fsp3) is 0.400. The highest BCUT2D eigenvalue weighted by Crippen LogP contribution is 2.33. The van der Waals surface area contributed by atoms with Gasteiger partial charge in [-0.1, -0.05) is 6.07 Å². The monoisotopic (exact) mass is 462 g/mol. The minimum Gasteiger partial charge on any atom is -0.493 e. The Bertz CT molecular complexity index is 1110. The van der Waals surface area contributed by atoms with Crippen LogP contribution in [0.3, 0.4) is 0 Å². The van der Waals surface area contributed by atoms with Gasteiger partial charge in [0.25, 0.3) is 22.2 Å². The Morgan fingerprint density at radius 3 is 2.61 bits per heavy atom. The maximum Gasteiger partial charge on any atom is 0.294 e. The summed E-state index contributed by atoms with van der Waals surface area (Å²) in [4.78, 5) is 50.0. The van der Waals surface area contributed by atoms with E-state index in [9.17, 15) is 29.8 Å². The molecular formula is C20H22N4O9. The minimum absolute atomic E-state index is 0.0650. The van der Waals surface area contributed by atoms with Crippen molar-refractivity contribution in [2.75, 3.05) is 26.9 Å². The fourth-order valence-corrected chi connectivity index (χ4v) is 3.00. The smallest absolute Gasteiger partial charge is 0.294 e. The summed E-state index contributed by atoms with van der Waals surface area (Å²) in [6.45, 7) is -0.173. The number of carbonyl (C=O) groups excluding carboxylic acids is 1. The molecule has 1 N–H and O–H groups in total. The third-order valence-corrected chi connectivity index (χ3v) is 4.86. The van der Waals surface area contributed by atoms with E-state index in [1.165, 1.54) is 7.11 Å². The molecule has 176 valence electrons. The van der Waals surface area contributed by atoms with Crippen molar-refractivity contribution in [3.8, 4) is 11.5 Å². The summed E-state index contributed by atoms with van der Waals surface area (Å²) < 4.78 is 12.2. The quantitative estimate of drug-likeness (QED) is 0.280. The second-order valence-corrected chi connectivity index (χ2v) is 7.35. The number of hydrogen-bond acceptors (Lipinski definition) is 9. The molecule has 0 aliphatic heterocycles. The molecule has 0 atom stereocenters. The van der Waals surface area contributed by atoms with E-state index in [1.54, 1.807) is 18.2 Å².